The van der Waals surface area contributed by atoms with E-state index in [0.29, 0.717) is 44.7 Å². The summed E-state index contributed by atoms with van der Waals surface area (Å²) in [5.74, 6) is -0.122. The van der Waals surface area contributed by atoms with E-state index < -0.39 is 0 Å². The Morgan fingerprint density at radius 1 is 0.750 bits per heavy atom. The van der Waals surface area contributed by atoms with Gasteiger partial charge in [0.2, 0.25) is 0 Å². The molecular formula is C23H40O5. The Morgan fingerprint density at radius 3 is 1.57 bits per heavy atom. The van der Waals surface area contributed by atoms with Crippen LogP contribution in [-0.2, 0) is 23.8 Å². The van der Waals surface area contributed by atoms with Crippen LogP contribution in [0, 0.1) is 10.8 Å². The zero-order valence-corrected chi connectivity index (χ0v) is 18.1. The van der Waals surface area contributed by atoms with E-state index in [1.807, 2.05) is 0 Å². The highest BCUT2D eigenvalue weighted by Crippen LogP contribution is 2.43. The molecule has 1 saturated carbocycles. The van der Waals surface area contributed by atoms with Crippen LogP contribution in [0.4, 0.5) is 0 Å². The molecule has 0 N–H and O–H groups in total. The van der Waals surface area contributed by atoms with Gasteiger partial charge in [-0.2, -0.15) is 0 Å². The third kappa shape index (κ3) is 7.38. The molecule has 0 spiro atoms. The number of carbonyl (C=O) groups is 2. The summed E-state index contributed by atoms with van der Waals surface area (Å²) < 4.78 is 16.1. The van der Waals surface area contributed by atoms with Gasteiger partial charge in [-0.3, -0.25) is 9.59 Å². The van der Waals surface area contributed by atoms with E-state index >= 15 is 0 Å². The van der Waals surface area contributed by atoms with Crippen LogP contribution in [0.25, 0.3) is 0 Å². The molecule has 5 heteroatoms. The van der Waals surface area contributed by atoms with Crippen LogP contribution in [0.2, 0.25) is 0 Å². The van der Waals surface area contributed by atoms with Crippen molar-refractivity contribution in [1.29, 1.82) is 0 Å². The largest absolute Gasteiger partial charge is 0.465 e. The van der Waals surface area contributed by atoms with Crippen molar-refractivity contribution in [3.8, 4) is 0 Å². The zero-order chi connectivity index (χ0) is 20.3. The fourth-order valence-electron chi connectivity index (χ4n) is 3.91. The van der Waals surface area contributed by atoms with E-state index in [1.54, 1.807) is 0 Å². The van der Waals surface area contributed by atoms with Crippen molar-refractivity contribution in [3.05, 3.63) is 0 Å². The first-order valence-electron chi connectivity index (χ1n) is 11.4. The third-order valence-corrected chi connectivity index (χ3v) is 6.82. The van der Waals surface area contributed by atoms with Gasteiger partial charge in [-0.15, -0.1) is 0 Å². The van der Waals surface area contributed by atoms with Gasteiger partial charge >= 0.3 is 11.9 Å². The van der Waals surface area contributed by atoms with Gasteiger partial charge in [0.05, 0.1) is 25.2 Å². The number of hydrogen-bond acceptors (Lipinski definition) is 5. The second-order valence-electron chi connectivity index (χ2n) is 9.00. The zero-order valence-electron chi connectivity index (χ0n) is 18.1. The van der Waals surface area contributed by atoms with Crippen molar-refractivity contribution in [3.63, 3.8) is 0 Å². The minimum atomic E-state index is -0.0845. The van der Waals surface area contributed by atoms with E-state index in [4.69, 9.17) is 14.2 Å². The van der Waals surface area contributed by atoms with Gasteiger partial charge in [-0.05, 0) is 38.5 Å². The Bertz CT molecular complexity index is 424. The molecule has 0 bridgehead atoms. The topological polar surface area (TPSA) is 61.8 Å². The highest BCUT2D eigenvalue weighted by Gasteiger charge is 2.38. The molecule has 2 aliphatic rings. The van der Waals surface area contributed by atoms with Crippen LogP contribution >= 0.6 is 0 Å². The van der Waals surface area contributed by atoms with E-state index in [1.165, 1.54) is 19.3 Å². The first kappa shape index (κ1) is 23.2. The number of esters is 2. The summed E-state index contributed by atoms with van der Waals surface area (Å²) >= 11 is 0. The van der Waals surface area contributed by atoms with Gasteiger partial charge in [0, 0.05) is 18.3 Å². The van der Waals surface area contributed by atoms with Gasteiger partial charge in [0.25, 0.3) is 0 Å². The average molecular weight is 397 g/mol. The molecule has 2 fully saturated rings. The summed E-state index contributed by atoms with van der Waals surface area (Å²) in [5, 5.41) is 0. The number of ether oxygens (including phenoxy) is 3. The molecule has 162 valence electrons. The van der Waals surface area contributed by atoms with Crippen molar-refractivity contribution < 1.29 is 23.8 Å². The number of carbonyl (C=O) groups excluding carboxylic acids is 2. The lowest BCUT2D eigenvalue weighted by molar-refractivity contribution is -0.170. The fourth-order valence-corrected chi connectivity index (χ4v) is 3.91. The van der Waals surface area contributed by atoms with E-state index in [0.717, 1.165) is 51.4 Å². The normalized spacial score (nSPS) is 19.4. The predicted molar refractivity (Wildman–Crippen MR) is 109 cm³/mol. The van der Waals surface area contributed by atoms with Crippen LogP contribution < -0.4 is 0 Å². The van der Waals surface area contributed by atoms with Gasteiger partial charge < -0.3 is 14.2 Å². The summed E-state index contributed by atoms with van der Waals surface area (Å²) in [6.45, 7) is 6.85. The average Bonchev–Trinajstić information content (AvgIpc) is 2.63. The number of unbranched alkanes of at least 4 members (excludes halogenated alkanes) is 5. The first-order chi connectivity index (χ1) is 13.5. The van der Waals surface area contributed by atoms with E-state index in [-0.39, 0.29) is 17.4 Å². The van der Waals surface area contributed by atoms with Crippen molar-refractivity contribution in [1.82, 2.24) is 0 Å². The summed E-state index contributed by atoms with van der Waals surface area (Å²) in [7, 11) is 0. The highest BCUT2D eigenvalue weighted by molar-refractivity contribution is 5.69. The van der Waals surface area contributed by atoms with Crippen molar-refractivity contribution in [2.45, 2.75) is 97.3 Å². The summed E-state index contributed by atoms with van der Waals surface area (Å²) in [4.78, 5) is 23.7. The molecule has 0 atom stereocenters. The monoisotopic (exact) mass is 396 g/mol. The van der Waals surface area contributed by atoms with Gasteiger partial charge in [-0.1, -0.05) is 46.0 Å². The molecule has 1 aliphatic heterocycles. The molecule has 2 rings (SSSR count). The van der Waals surface area contributed by atoms with Crippen LogP contribution in [0.15, 0.2) is 0 Å². The molecule has 1 heterocycles. The summed E-state index contributed by atoms with van der Waals surface area (Å²) in [6, 6.07) is 0. The third-order valence-electron chi connectivity index (χ3n) is 6.82. The molecule has 0 aromatic heterocycles. The number of hydrogen-bond donors (Lipinski definition) is 0. The molecular weight excluding hydrogens is 356 g/mol. The van der Waals surface area contributed by atoms with Crippen LogP contribution in [0.1, 0.15) is 97.3 Å². The second-order valence-corrected chi connectivity index (χ2v) is 9.00. The maximum Gasteiger partial charge on any atom is 0.305 e. The Labute approximate surface area is 170 Å². The Kier molecular flexibility index (Phi) is 9.76. The quantitative estimate of drug-likeness (QED) is 0.281. The summed E-state index contributed by atoms with van der Waals surface area (Å²) in [5.41, 5.74) is 0.366. The van der Waals surface area contributed by atoms with Gasteiger partial charge in [0.1, 0.15) is 6.61 Å². The Hall–Kier alpha value is -1.10. The first-order valence-corrected chi connectivity index (χ1v) is 11.4. The summed E-state index contributed by atoms with van der Waals surface area (Å²) in [6.07, 6.45) is 12.9. The molecule has 0 aromatic carbocycles. The lowest BCUT2D eigenvalue weighted by atomic mass is 9.68. The van der Waals surface area contributed by atoms with Crippen molar-refractivity contribution in [2.24, 2.45) is 10.8 Å². The lowest BCUT2D eigenvalue weighted by Crippen LogP contribution is -2.46. The molecule has 0 unspecified atom stereocenters. The smallest absolute Gasteiger partial charge is 0.305 e. The minimum Gasteiger partial charge on any atom is -0.465 e. The minimum absolute atomic E-state index is 0.0378. The lowest BCUT2D eigenvalue weighted by Gasteiger charge is -2.40. The van der Waals surface area contributed by atoms with Crippen LogP contribution in [0.5, 0.6) is 0 Å². The van der Waals surface area contributed by atoms with E-state index in [2.05, 4.69) is 13.8 Å². The van der Waals surface area contributed by atoms with Gasteiger partial charge in [0.15, 0.2) is 0 Å². The molecule has 28 heavy (non-hydrogen) atoms. The maximum absolute atomic E-state index is 11.9. The van der Waals surface area contributed by atoms with E-state index in [9.17, 15) is 9.59 Å². The molecule has 0 amide bonds. The van der Waals surface area contributed by atoms with Crippen LogP contribution in [0.3, 0.4) is 0 Å². The molecule has 1 saturated heterocycles. The number of rotatable bonds is 15. The van der Waals surface area contributed by atoms with Crippen LogP contribution in [-0.4, -0.2) is 38.4 Å². The Balaban J connectivity index is 1.37. The maximum atomic E-state index is 11.9. The SMILES string of the molecule is CCC1(COC(=O)CCCCCCCCC(=O)OCC2(CC)COC2)CCC1. The molecule has 0 aromatic rings. The predicted octanol–water partition coefficient (Wildman–Crippen LogP) is 5.20. The molecule has 5 nitrogen and oxygen atoms in total. The Morgan fingerprint density at radius 2 is 1.21 bits per heavy atom. The second kappa shape index (κ2) is 11.8. The molecule has 0 radical (unpaired) electrons. The fraction of sp³-hybridized carbons (Fsp3) is 0.913. The van der Waals surface area contributed by atoms with Crippen molar-refractivity contribution in [2.75, 3.05) is 26.4 Å². The highest BCUT2D eigenvalue weighted by atomic mass is 16.5. The van der Waals surface area contributed by atoms with Crippen molar-refractivity contribution >= 4 is 11.9 Å². The molecule has 1 aliphatic carbocycles. The van der Waals surface area contributed by atoms with Gasteiger partial charge in [-0.25, -0.2) is 0 Å². The standard InChI is InChI=1S/C23H40O5/c1-3-22(14-11-15-22)18-27-20(24)12-9-7-5-6-8-10-13-21(25)28-19-23(4-2)16-26-17-23/h3-19H2,1-2H3.